The lowest BCUT2D eigenvalue weighted by molar-refractivity contribution is -0.143. The molecule has 2 atom stereocenters. The van der Waals surface area contributed by atoms with E-state index in [1.165, 1.54) is 6.92 Å². The number of hydrogen-bond donors (Lipinski definition) is 3. The van der Waals surface area contributed by atoms with Gasteiger partial charge in [-0.25, -0.2) is 4.79 Å². The quantitative estimate of drug-likeness (QED) is 0.428. The predicted molar refractivity (Wildman–Crippen MR) is 116 cm³/mol. The van der Waals surface area contributed by atoms with Gasteiger partial charge in [0.25, 0.3) is 0 Å². The number of carboxylic acids is 1. The molecule has 0 aliphatic rings. The zero-order valence-electron chi connectivity index (χ0n) is 17.0. The Kier molecular flexibility index (Phi) is 10.8. The zero-order valence-corrected chi connectivity index (χ0v) is 18.5. The highest BCUT2D eigenvalue weighted by molar-refractivity contribution is 6.18. The van der Waals surface area contributed by atoms with Crippen molar-refractivity contribution in [3.05, 3.63) is 29.8 Å². The van der Waals surface area contributed by atoms with E-state index in [1.54, 1.807) is 13.8 Å². The Morgan fingerprint density at radius 2 is 1.59 bits per heavy atom. The lowest BCUT2D eigenvalue weighted by atomic mass is 10.0. The molecule has 0 saturated heterocycles. The molecule has 0 aliphatic carbocycles. The number of benzene rings is 1. The lowest BCUT2D eigenvalue weighted by Gasteiger charge is -2.24. The van der Waals surface area contributed by atoms with Crippen molar-refractivity contribution in [2.45, 2.75) is 39.3 Å². The topological polar surface area (TPSA) is 98.7 Å². The normalized spacial score (nSPS) is 12.9. The minimum atomic E-state index is -1.11. The number of aliphatic carboxylic acids is 1. The number of amides is 2. The fraction of sp³-hybridized carbons (Fsp3) is 0.550. The summed E-state index contributed by atoms with van der Waals surface area (Å²) in [4.78, 5) is 37.6. The molecule has 0 fully saturated rings. The Balaban J connectivity index is 2.93. The summed E-state index contributed by atoms with van der Waals surface area (Å²) in [6.07, 6.45) is 0.237. The van der Waals surface area contributed by atoms with Gasteiger partial charge in [0.1, 0.15) is 12.1 Å². The van der Waals surface area contributed by atoms with Crippen LogP contribution in [0.25, 0.3) is 0 Å². The lowest BCUT2D eigenvalue weighted by Crippen LogP contribution is -2.53. The summed E-state index contributed by atoms with van der Waals surface area (Å²) in [5.41, 5.74) is 1.79. The fourth-order valence-corrected chi connectivity index (χ4v) is 3.28. The molecule has 1 rings (SSSR count). The van der Waals surface area contributed by atoms with Crippen LogP contribution in [0.1, 0.15) is 26.3 Å². The Bertz CT molecular complexity index is 677. The van der Waals surface area contributed by atoms with Crippen molar-refractivity contribution in [1.29, 1.82) is 0 Å². The monoisotopic (exact) mass is 445 g/mol. The van der Waals surface area contributed by atoms with Gasteiger partial charge in [0, 0.05) is 43.9 Å². The Morgan fingerprint density at radius 3 is 2.00 bits per heavy atom. The highest BCUT2D eigenvalue weighted by Crippen LogP contribution is 2.17. The molecule has 1 aromatic carbocycles. The van der Waals surface area contributed by atoms with Crippen molar-refractivity contribution in [2.75, 3.05) is 29.7 Å². The van der Waals surface area contributed by atoms with Crippen molar-refractivity contribution in [1.82, 2.24) is 10.6 Å². The molecule has 29 heavy (non-hydrogen) atoms. The van der Waals surface area contributed by atoms with Gasteiger partial charge in [-0.3, -0.25) is 9.59 Å². The van der Waals surface area contributed by atoms with Gasteiger partial charge in [0.2, 0.25) is 11.8 Å². The summed E-state index contributed by atoms with van der Waals surface area (Å²) in [5.74, 6) is -1.35. The minimum Gasteiger partial charge on any atom is -0.480 e. The number of hydrogen-bond acceptors (Lipinski definition) is 4. The third-order valence-corrected chi connectivity index (χ3v) is 4.71. The molecular formula is C20H29Cl2N3O4. The molecule has 0 heterocycles. The molecular weight excluding hydrogens is 417 g/mol. The third kappa shape index (κ3) is 8.50. The summed E-state index contributed by atoms with van der Waals surface area (Å²) in [5, 5.41) is 14.4. The van der Waals surface area contributed by atoms with Gasteiger partial charge >= 0.3 is 5.97 Å². The second-order valence-corrected chi connectivity index (χ2v) is 7.81. The van der Waals surface area contributed by atoms with E-state index in [2.05, 4.69) is 15.5 Å². The molecule has 0 aromatic heterocycles. The molecule has 3 N–H and O–H groups in total. The molecule has 0 unspecified atom stereocenters. The first-order valence-corrected chi connectivity index (χ1v) is 10.5. The Labute approximate surface area is 181 Å². The van der Waals surface area contributed by atoms with Crippen LogP contribution in [0.15, 0.2) is 24.3 Å². The second kappa shape index (κ2) is 12.5. The number of nitrogens with one attached hydrogen (secondary N) is 2. The number of nitrogens with zero attached hydrogens (tertiary/aromatic N) is 1. The van der Waals surface area contributed by atoms with E-state index in [1.807, 2.05) is 24.3 Å². The average Bonchev–Trinajstić information content (AvgIpc) is 2.65. The van der Waals surface area contributed by atoms with Crippen LogP contribution in [-0.4, -0.2) is 59.8 Å². The summed E-state index contributed by atoms with van der Waals surface area (Å²) in [7, 11) is 0. The maximum atomic E-state index is 12.6. The van der Waals surface area contributed by atoms with E-state index in [0.29, 0.717) is 24.8 Å². The fourth-order valence-electron chi connectivity index (χ4n) is 2.87. The van der Waals surface area contributed by atoms with Gasteiger partial charge in [-0.05, 0) is 23.6 Å². The van der Waals surface area contributed by atoms with Crippen LogP contribution in [0.3, 0.4) is 0 Å². The van der Waals surface area contributed by atoms with Crippen LogP contribution in [-0.2, 0) is 20.8 Å². The summed E-state index contributed by atoms with van der Waals surface area (Å²) >= 11 is 11.7. The first kappa shape index (κ1) is 25.0. The Hall–Kier alpha value is -1.99. The van der Waals surface area contributed by atoms with Gasteiger partial charge in [0.15, 0.2) is 0 Å². The van der Waals surface area contributed by atoms with E-state index >= 15 is 0 Å². The van der Waals surface area contributed by atoms with Crippen molar-refractivity contribution >= 4 is 46.7 Å². The first-order chi connectivity index (χ1) is 13.7. The van der Waals surface area contributed by atoms with Crippen molar-refractivity contribution in [3.8, 4) is 0 Å². The van der Waals surface area contributed by atoms with Crippen LogP contribution in [0.5, 0.6) is 0 Å². The van der Waals surface area contributed by atoms with E-state index in [4.69, 9.17) is 23.2 Å². The van der Waals surface area contributed by atoms with E-state index in [0.717, 1.165) is 11.3 Å². The van der Waals surface area contributed by atoms with Gasteiger partial charge in [0.05, 0.1) is 0 Å². The van der Waals surface area contributed by atoms with Crippen LogP contribution in [0.2, 0.25) is 0 Å². The van der Waals surface area contributed by atoms with Crippen LogP contribution < -0.4 is 15.5 Å². The minimum absolute atomic E-state index is 0.237. The Morgan fingerprint density at radius 1 is 1.03 bits per heavy atom. The maximum absolute atomic E-state index is 12.6. The first-order valence-electron chi connectivity index (χ1n) is 9.45. The van der Waals surface area contributed by atoms with Gasteiger partial charge < -0.3 is 20.6 Å². The molecule has 1 aromatic rings. The van der Waals surface area contributed by atoms with Gasteiger partial charge in [-0.2, -0.15) is 0 Å². The van der Waals surface area contributed by atoms with Crippen LogP contribution in [0.4, 0.5) is 5.69 Å². The van der Waals surface area contributed by atoms with E-state index in [-0.39, 0.29) is 18.2 Å². The van der Waals surface area contributed by atoms with Gasteiger partial charge in [-0.1, -0.05) is 26.0 Å². The number of anilines is 1. The number of rotatable bonds is 12. The predicted octanol–water partition coefficient (Wildman–Crippen LogP) is 2.24. The van der Waals surface area contributed by atoms with Crippen molar-refractivity contribution in [2.24, 2.45) is 5.92 Å². The standard InChI is InChI=1S/C20H29Cl2N3O4/c1-13(2)18(20(28)29)24-19(27)17(23-14(3)26)12-15-4-6-16(7-5-15)25(10-8-21)11-9-22/h4-7,13,17-18H,8-12H2,1-3H3,(H,23,26)(H,24,27)(H,28,29)/t17-,18-/m0/s1. The smallest absolute Gasteiger partial charge is 0.326 e. The van der Waals surface area contributed by atoms with Crippen LogP contribution >= 0.6 is 23.2 Å². The molecule has 0 bridgehead atoms. The average molecular weight is 446 g/mol. The highest BCUT2D eigenvalue weighted by atomic mass is 35.5. The molecule has 0 saturated carbocycles. The summed E-state index contributed by atoms with van der Waals surface area (Å²) < 4.78 is 0. The molecule has 162 valence electrons. The van der Waals surface area contributed by atoms with Crippen molar-refractivity contribution < 1.29 is 19.5 Å². The summed E-state index contributed by atoms with van der Waals surface area (Å²) in [6.45, 7) is 6.06. The van der Waals surface area contributed by atoms with E-state index < -0.39 is 24.0 Å². The van der Waals surface area contributed by atoms with Crippen molar-refractivity contribution in [3.63, 3.8) is 0 Å². The summed E-state index contributed by atoms with van der Waals surface area (Å²) in [6, 6.07) is 5.64. The molecule has 7 nitrogen and oxygen atoms in total. The zero-order chi connectivity index (χ0) is 22.0. The number of alkyl halides is 2. The number of carbonyl (C=O) groups excluding carboxylic acids is 2. The molecule has 0 aliphatic heterocycles. The number of halogens is 2. The molecule has 9 heteroatoms. The second-order valence-electron chi connectivity index (χ2n) is 7.06. The van der Waals surface area contributed by atoms with E-state index in [9.17, 15) is 19.5 Å². The maximum Gasteiger partial charge on any atom is 0.326 e. The third-order valence-electron chi connectivity index (χ3n) is 4.37. The molecule has 0 spiro atoms. The SMILES string of the molecule is CC(=O)N[C@@H](Cc1ccc(N(CCCl)CCCl)cc1)C(=O)N[C@H](C(=O)O)C(C)C. The van der Waals surface area contributed by atoms with Crippen LogP contribution in [0, 0.1) is 5.92 Å². The molecule has 0 radical (unpaired) electrons. The highest BCUT2D eigenvalue weighted by Gasteiger charge is 2.28. The molecule has 2 amide bonds. The van der Waals surface area contributed by atoms with Gasteiger partial charge in [-0.15, -0.1) is 23.2 Å². The number of carboxylic acid groups (broad SMARTS) is 1. The largest absolute Gasteiger partial charge is 0.480 e. The number of carbonyl (C=O) groups is 3.